The second-order valence-electron chi connectivity index (χ2n) is 31.3. The zero-order chi connectivity index (χ0) is 87.0. The Morgan fingerprint density at radius 3 is 1.53 bits per heavy atom. The molecule has 5 aromatic heterocycles. The van der Waals surface area contributed by atoms with Crippen molar-refractivity contribution in [2.45, 2.75) is 288 Å². The molecule has 0 radical (unpaired) electrons. The highest BCUT2D eigenvalue weighted by Crippen LogP contribution is 2.44. The van der Waals surface area contributed by atoms with E-state index >= 15 is 0 Å². The van der Waals surface area contributed by atoms with Gasteiger partial charge in [-0.1, -0.05) is 247 Å². The normalized spacial score (nSPS) is 18.7. The Kier molecular flexibility index (Phi) is 56.9. The van der Waals surface area contributed by atoms with Gasteiger partial charge in [0.15, 0.2) is 17.3 Å². The molecule has 2 aromatic carbocycles. The Morgan fingerprint density at radius 1 is 0.526 bits per heavy atom. The molecule has 5 saturated heterocycles. The van der Waals surface area contributed by atoms with Crippen LogP contribution in [-0.4, -0.2) is 95.1 Å². The molecule has 15 heteroatoms. The maximum absolute atomic E-state index is 13.7. The monoisotopic (exact) mass is 1600 g/mol. The molecule has 0 spiro atoms. The number of alkyl halides is 1. The van der Waals surface area contributed by atoms with Gasteiger partial charge in [0.1, 0.15) is 17.7 Å². The average Bonchev–Trinajstić information content (AvgIpc) is 1.62. The summed E-state index contributed by atoms with van der Waals surface area (Å²) >= 11 is 0. The molecule has 6 aliphatic rings. The van der Waals surface area contributed by atoms with E-state index in [1.54, 1.807) is 18.3 Å². The molecule has 6 atom stereocenters. The first-order chi connectivity index (χ1) is 55.8. The Balaban J connectivity index is 0.000000656. The van der Waals surface area contributed by atoms with Crippen LogP contribution < -0.4 is 28.9 Å². The highest BCUT2D eigenvalue weighted by Gasteiger charge is 2.38. The first kappa shape index (κ1) is 106. The van der Waals surface area contributed by atoms with Gasteiger partial charge in [0.05, 0.1) is 42.6 Å². The molecule has 116 heavy (non-hydrogen) atoms. The fraction of sp³-hybridized carbons (Fsp3) is 0.574. The molecule has 7 aromatic rings. The smallest absolute Gasteiger partial charge is 0.404 e. The first-order valence-corrected chi connectivity index (χ1v) is 44.5. The van der Waals surface area contributed by atoms with Crippen molar-refractivity contribution in [3.8, 4) is 17.2 Å². The predicted molar refractivity (Wildman–Crippen MR) is 495 cm³/mol. The van der Waals surface area contributed by atoms with Gasteiger partial charge in [-0.3, -0.25) is 15.0 Å². The molecule has 13 nitrogen and oxygen atoms in total. The lowest BCUT2D eigenvalue weighted by Crippen LogP contribution is -2.49. The average molecular weight is 1600 g/mol. The van der Waals surface area contributed by atoms with Crippen LogP contribution in [0.5, 0.6) is 17.2 Å². The van der Waals surface area contributed by atoms with Crippen molar-refractivity contribution in [1.29, 1.82) is 0 Å². The highest BCUT2D eigenvalue weighted by molar-refractivity contribution is 5.59. The number of allylic oxidation sites excluding steroid dienone is 3. The van der Waals surface area contributed by atoms with Gasteiger partial charge in [-0.05, 0) is 196 Å². The van der Waals surface area contributed by atoms with Crippen LogP contribution in [0.1, 0.15) is 274 Å². The van der Waals surface area contributed by atoms with E-state index in [9.17, 15) is 8.78 Å². The molecule has 6 unspecified atom stereocenters. The number of aromatic nitrogens is 5. The summed E-state index contributed by atoms with van der Waals surface area (Å²) in [6.07, 6.45) is 34.5. The van der Waals surface area contributed by atoms with Gasteiger partial charge in [-0.25, -0.2) is 14.4 Å². The molecule has 0 aliphatic carbocycles. The van der Waals surface area contributed by atoms with Crippen molar-refractivity contribution in [2.75, 3.05) is 54.6 Å². The van der Waals surface area contributed by atoms with Crippen molar-refractivity contribution < 1.29 is 32.5 Å². The zero-order valence-electron chi connectivity index (χ0n) is 77.5. The van der Waals surface area contributed by atoms with E-state index in [1.807, 2.05) is 187 Å². The number of aryl methyl sites for hydroxylation is 1. The van der Waals surface area contributed by atoms with Crippen LogP contribution in [0.3, 0.4) is 0 Å². The van der Waals surface area contributed by atoms with Crippen molar-refractivity contribution in [3.63, 3.8) is 0 Å². The number of anilines is 3. The number of hydrogen-bond donors (Lipinski definition) is 0. The molecule has 6 aliphatic heterocycles. The number of methoxy groups -OCH3 is 1. The number of pyridine rings is 5. The van der Waals surface area contributed by atoms with Gasteiger partial charge in [0.25, 0.3) is 0 Å². The second kappa shape index (κ2) is 62.2. The van der Waals surface area contributed by atoms with Gasteiger partial charge in [-0.15, -0.1) is 0 Å². The second-order valence-corrected chi connectivity index (χ2v) is 31.3. The Labute approximate surface area is 706 Å². The van der Waals surface area contributed by atoms with E-state index < -0.39 is 6.04 Å². The molecular formula is C101H160F2N8O5. The summed E-state index contributed by atoms with van der Waals surface area (Å²) in [7, 11) is 1.49. The minimum absolute atomic E-state index is 0.244. The van der Waals surface area contributed by atoms with Crippen LogP contribution in [0.25, 0.3) is 12.2 Å². The molecule has 0 amide bonds. The zero-order valence-corrected chi connectivity index (χ0v) is 77.5. The standard InChI is InChI=1S/C15H20FNO2.C13H19N.C11H14FNO.C11H16N2.C11H15NO.C10H15N.C10H13N.C10H18O.5C2H6/c1-10(2)12-5-4-8-17(12)11-6-7-13-14(9-11)19-15(3,16)18-13;1-11(2)13-9-6-10-14(13)12-7-4-3-5-8-12;1-8(2)4-5-11-10(12)6-9(14-3)7-13-11;1-9(2)10-7-13(8-10)11-5-3-4-6-12-11;1-8(2)10-7-11(13-10)9-5-3-4-6-12-9;3*1-9(2)6-7-10-5-3-4-8-11-10;5*1-2/h6-7,9-10,12H,4-5,8H2,1-3H3;3-5,7-8,11,13H,6,9-10H2,1-2H3;4-8H,1-3H3;3-6,9-10H,7-8H2,1-2H3;3-6,8,10-11H,7H2,1-2H3;3-5,8-9H,6-7H2,1-2H3;3-9H,1-2H3;6-7,9-10H,3-5,8H2,1-2H3;5*1-2H3/b;;5-4+;;;;2*7-6+;;;;;. The van der Waals surface area contributed by atoms with E-state index in [2.05, 4.69) is 197 Å². The summed E-state index contributed by atoms with van der Waals surface area (Å²) in [6.45, 7) is 62.2. The molecule has 0 N–H and O–H groups in total. The molecule has 11 heterocycles. The summed E-state index contributed by atoms with van der Waals surface area (Å²) in [6, 6.07) is 41.1. The van der Waals surface area contributed by atoms with Gasteiger partial charge in [0, 0.05) is 112 Å². The van der Waals surface area contributed by atoms with Crippen molar-refractivity contribution >= 4 is 29.3 Å². The van der Waals surface area contributed by atoms with E-state index in [0.717, 1.165) is 78.6 Å². The summed E-state index contributed by atoms with van der Waals surface area (Å²) in [5, 5.41) is 0. The van der Waals surface area contributed by atoms with E-state index in [0.29, 0.717) is 70.8 Å². The third kappa shape index (κ3) is 42.4. The van der Waals surface area contributed by atoms with E-state index in [-0.39, 0.29) is 11.9 Å². The van der Waals surface area contributed by atoms with Gasteiger partial charge < -0.3 is 38.4 Å². The van der Waals surface area contributed by atoms with Crippen molar-refractivity contribution in [3.05, 3.63) is 211 Å². The number of halogens is 2. The van der Waals surface area contributed by atoms with Crippen LogP contribution in [-0.2, 0) is 15.9 Å². The minimum atomic E-state index is -2.04. The number of rotatable bonds is 18. The first-order valence-electron chi connectivity index (χ1n) is 44.5. The lowest BCUT2D eigenvalue weighted by Gasteiger charge is -2.42. The molecule has 648 valence electrons. The van der Waals surface area contributed by atoms with Gasteiger partial charge >= 0.3 is 6.04 Å². The quantitative estimate of drug-likeness (QED) is 0.0759. The van der Waals surface area contributed by atoms with Crippen LogP contribution in [0.15, 0.2) is 183 Å². The molecule has 13 rings (SSSR count). The number of fused-ring (bicyclic) bond motifs is 1. The molecular weight excluding hydrogens is 1440 g/mol. The third-order valence-electron chi connectivity index (χ3n) is 19.1. The van der Waals surface area contributed by atoms with Crippen molar-refractivity contribution in [2.24, 2.45) is 53.3 Å². The molecule has 0 saturated carbocycles. The number of nitrogens with zero attached hydrogens (tertiary/aromatic N) is 8. The number of benzene rings is 2. The van der Waals surface area contributed by atoms with Crippen LogP contribution in [0.4, 0.5) is 26.0 Å². The Morgan fingerprint density at radius 2 is 1.06 bits per heavy atom. The summed E-state index contributed by atoms with van der Waals surface area (Å²) < 4.78 is 53.3. The highest BCUT2D eigenvalue weighted by atomic mass is 19.2. The topological polar surface area (TPSA) is 120 Å². The third-order valence-corrected chi connectivity index (χ3v) is 19.1. The Bertz CT molecular complexity index is 3500. The minimum Gasteiger partial charge on any atom is -0.495 e. The Hall–Kier alpha value is -8.01. The molecule has 0 bridgehead atoms. The van der Waals surface area contributed by atoms with E-state index in [1.165, 1.54) is 109 Å². The maximum Gasteiger partial charge on any atom is 0.404 e. The molecule has 5 fully saturated rings. The fourth-order valence-electron chi connectivity index (χ4n) is 12.7. The van der Waals surface area contributed by atoms with Crippen LogP contribution in [0, 0.1) is 59.1 Å². The van der Waals surface area contributed by atoms with Crippen molar-refractivity contribution in [1.82, 2.24) is 24.9 Å². The van der Waals surface area contributed by atoms with Gasteiger partial charge in [-0.2, -0.15) is 4.39 Å². The lowest BCUT2D eigenvalue weighted by molar-refractivity contribution is -0.173. The van der Waals surface area contributed by atoms with Crippen LogP contribution >= 0.6 is 0 Å². The van der Waals surface area contributed by atoms with Gasteiger partial charge in [0.2, 0.25) is 0 Å². The largest absolute Gasteiger partial charge is 0.495 e. The SMILES string of the molecule is CC.CC.CC.CC.CC.CC(C)/C=C/C1CCCCO1.CC(C)/C=C/c1ccccn1.CC(C)C1CC(c2ccccn2)O1.CC(C)C1CCCN1c1ccc2c(c1)OC(C)(F)O2.CC(C)C1CCCN1c1ccccc1.CC(C)C1CN(c2ccccn2)C1.CC(C)CCc1ccccn1.COc1cnc(/C=C/C(C)C)c(F)c1. The fourth-order valence-corrected chi connectivity index (χ4v) is 12.7. The number of hydrogen-bond acceptors (Lipinski definition) is 13. The number of ether oxygens (including phenoxy) is 5. The summed E-state index contributed by atoms with van der Waals surface area (Å²) in [5.41, 5.74) is 6.14. The lowest BCUT2D eigenvalue weighted by atomic mass is 9.88. The van der Waals surface area contributed by atoms with E-state index in [4.69, 9.17) is 23.7 Å². The van der Waals surface area contributed by atoms with Crippen LogP contribution in [0.2, 0.25) is 0 Å². The number of para-hydroxylation sites is 1. The summed E-state index contributed by atoms with van der Waals surface area (Å²) in [5.74, 6) is 8.25. The maximum atomic E-state index is 13.7. The summed E-state index contributed by atoms with van der Waals surface area (Å²) in [4.78, 5) is 28.2. The predicted octanol–water partition coefficient (Wildman–Crippen LogP) is 28.0.